The van der Waals surface area contributed by atoms with Crippen LogP contribution in [-0.4, -0.2) is 16.1 Å². The van der Waals surface area contributed by atoms with Gasteiger partial charge in [-0.25, -0.2) is 22.9 Å². The van der Waals surface area contributed by atoms with Crippen LogP contribution in [-0.2, 0) is 6.18 Å². The van der Waals surface area contributed by atoms with E-state index in [1.54, 1.807) is 0 Å². The number of carbonyl (C=O) groups is 1. The molecule has 0 amide bonds. The molecule has 0 radical (unpaired) electrons. The lowest BCUT2D eigenvalue weighted by Gasteiger charge is -2.13. The molecule has 0 bridgehead atoms. The third kappa shape index (κ3) is 2.84. The van der Waals surface area contributed by atoms with Crippen LogP contribution in [0.2, 0.25) is 5.02 Å². The van der Waals surface area contributed by atoms with Crippen molar-refractivity contribution in [3.63, 3.8) is 0 Å². The van der Waals surface area contributed by atoms with E-state index in [9.17, 15) is 31.1 Å². The standard InChI is InChI=1S/C13H5ClF6N2O2/c14-5-9(21)8(17)10(22-11(5)12(23)24)3-1-2-4(13(18,19)20)7(16)6(3)15/h1-2H,(H2,21,22)(H,23,24). The molecule has 0 saturated heterocycles. The van der Waals surface area contributed by atoms with Gasteiger partial charge in [0.25, 0.3) is 0 Å². The van der Waals surface area contributed by atoms with E-state index in [4.69, 9.17) is 22.4 Å². The summed E-state index contributed by atoms with van der Waals surface area (Å²) in [5.74, 6) is -7.59. The van der Waals surface area contributed by atoms with Gasteiger partial charge in [0.1, 0.15) is 5.69 Å². The number of rotatable bonds is 2. The van der Waals surface area contributed by atoms with Crippen molar-refractivity contribution in [3.05, 3.63) is 45.9 Å². The van der Waals surface area contributed by atoms with Crippen molar-refractivity contribution in [2.75, 3.05) is 5.73 Å². The molecule has 2 rings (SSSR count). The first-order valence-corrected chi connectivity index (χ1v) is 6.28. The predicted octanol–water partition coefficient (Wildman–Crippen LogP) is 4.12. The van der Waals surface area contributed by atoms with Gasteiger partial charge >= 0.3 is 12.1 Å². The third-order valence-electron chi connectivity index (χ3n) is 2.96. The van der Waals surface area contributed by atoms with Crippen LogP contribution in [0.1, 0.15) is 16.1 Å². The van der Waals surface area contributed by atoms with Gasteiger partial charge in [-0.2, -0.15) is 13.2 Å². The van der Waals surface area contributed by atoms with E-state index in [-0.39, 0.29) is 6.07 Å². The predicted molar refractivity (Wildman–Crippen MR) is 70.9 cm³/mol. The first-order chi connectivity index (χ1) is 11.0. The highest BCUT2D eigenvalue weighted by Crippen LogP contribution is 2.37. The summed E-state index contributed by atoms with van der Waals surface area (Å²) in [5.41, 5.74) is -0.680. The van der Waals surface area contributed by atoms with Crippen LogP contribution in [0.25, 0.3) is 11.3 Å². The second-order valence-electron chi connectivity index (χ2n) is 4.44. The monoisotopic (exact) mass is 370 g/mol. The van der Waals surface area contributed by atoms with Crippen LogP contribution in [0.5, 0.6) is 0 Å². The first-order valence-electron chi connectivity index (χ1n) is 5.90. The van der Waals surface area contributed by atoms with E-state index in [1.807, 2.05) is 0 Å². The van der Waals surface area contributed by atoms with Crippen LogP contribution >= 0.6 is 11.6 Å². The number of aromatic carboxylic acids is 1. The Hall–Kier alpha value is -2.49. The highest BCUT2D eigenvalue weighted by atomic mass is 35.5. The lowest BCUT2D eigenvalue weighted by Crippen LogP contribution is -2.12. The van der Waals surface area contributed by atoms with Gasteiger partial charge in [-0.15, -0.1) is 0 Å². The number of carboxylic acids is 1. The first kappa shape index (κ1) is 17.9. The van der Waals surface area contributed by atoms with Crippen LogP contribution in [0.3, 0.4) is 0 Å². The molecule has 1 heterocycles. The van der Waals surface area contributed by atoms with E-state index in [0.717, 1.165) is 0 Å². The van der Waals surface area contributed by atoms with Crippen molar-refractivity contribution in [1.29, 1.82) is 0 Å². The molecule has 0 aliphatic carbocycles. The lowest BCUT2D eigenvalue weighted by molar-refractivity contribution is -0.140. The molecule has 0 fully saturated rings. The van der Waals surface area contributed by atoms with E-state index < -0.39 is 62.8 Å². The van der Waals surface area contributed by atoms with Crippen molar-refractivity contribution in [2.24, 2.45) is 0 Å². The van der Waals surface area contributed by atoms with Crippen LogP contribution in [0, 0.1) is 17.5 Å². The zero-order valence-electron chi connectivity index (χ0n) is 11.2. The van der Waals surface area contributed by atoms with Gasteiger partial charge in [-0.1, -0.05) is 11.6 Å². The number of pyridine rings is 1. The summed E-state index contributed by atoms with van der Waals surface area (Å²) in [5, 5.41) is 8.10. The zero-order valence-corrected chi connectivity index (χ0v) is 11.9. The normalized spacial score (nSPS) is 11.6. The maximum absolute atomic E-state index is 14.1. The maximum Gasteiger partial charge on any atom is 0.419 e. The second-order valence-corrected chi connectivity index (χ2v) is 4.82. The van der Waals surface area contributed by atoms with E-state index in [0.29, 0.717) is 6.07 Å². The molecule has 4 nitrogen and oxygen atoms in total. The average Bonchev–Trinajstić information content (AvgIpc) is 2.47. The molecule has 3 N–H and O–H groups in total. The molecule has 2 aromatic rings. The number of benzene rings is 1. The highest BCUT2D eigenvalue weighted by Gasteiger charge is 2.36. The molecule has 0 aliphatic rings. The summed E-state index contributed by atoms with van der Waals surface area (Å²) >= 11 is 5.48. The minimum atomic E-state index is -5.18. The Morgan fingerprint density at radius 2 is 1.71 bits per heavy atom. The Morgan fingerprint density at radius 3 is 2.21 bits per heavy atom. The number of alkyl halides is 3. The molecule has 1 aromatic heterocycles. The van der Waals surface area contributed by atoms with Crippen LogP contribution in [0.4, 0.5) is 32.0 Å². The third-order valence-corrected chi connectivity index (χ3v) is 3.34. The van der Waals surface area contributed by atoms with Gasteiger partial charge in [-0.05, 0) is 12.1 Å². The van der Waals surface area contributed by atoms with Crippen molar-refractivity contribution < 1.29 is 36.2 Å². The number of nitrogens with two attached hydrogens (primary N) is 1. The molecule has 0 spiro atoms. The number of anilines is 1. The fourth-order valence-corrected chi connectivity index (χ4v) is 2.04. The fraction of sp³-hybridized carbons (Fsp3) is 0.0769. The van der Waals surface area contributed by atoms with Crippen molar-refractivity contribution in [1.82, 2.24) is 4.98 Å². The molecule has 0 aliphatic heterocycles. The van der Waals surface area contributed by atoms with E-state index in [1.165, 1.54) is 0 Å². The summed E-state index contributed by atoms with van der Waals surface area (Å²) in [7, 11) is 0. The molecule has 0 unspecified atom stereocenters. The second kappa shape index (κ2) is 5.86. The Balaban J connectivity index is 2.79. The molecule has 128 valence electrons. The Bertz CT molecular complexity index is 854. The summed E-state index contributed by atoms with van der Waals surface area (Å²) in [6.07, 6.45) is -5.18. The SMILES string of the molecule is Nc1c(F)c(-c2ccc(C(F)(F)F)c(F)c2F)nc(C(=O)O)c1Cl. The lowest BCUT2D eigenvalue weighted by atomic mass is 10.0. The summed E-state index contributed by atoms with van der Waals surface area (Å²) < 4.78 is 79.1. The Kier molecular flexibility index (Phi) is 4.36. The molecule has 24 heavy (non-hydrogen) atoms. The number of halogens is 7. The molecule has 1 aromatic carbocycles. The number of nitrogen functional groups attached to an aromatic ring is 1. The summed E-state index contributed by atoms with van der Waals surface area (Å²) in [4.78, 5) is 14.2. The van der Waals surface area contributed by atoms with Gasteiger partial charge in [0.2, 0.25) is 0 Å². The number of carboxylic acid groups (broad SMARTS) is 1. The largest absolute Gasteiger partial charge is 0.476 e. The van der Waals surface area contributed by atoms with Crippen molar-refractivity contribution in [2.45, 2.75) is 6.18 Å². The number of aromatic nitrogens is 1. The summed E-state index contributed by atoms with van der Waals surface area (Å²) in [6, 6.07) is 0.575. The highest BCUT2D eigenvalue weighted by molar-refractivity contribution is 6.35. The van der Waals surface area contributed by atoms with Crippen LogP contribution in [0.15, 0.2) is 12.1 Å². The molecular formula is C13H5ClF6N2O2. The van der Waals surface area contributed by atoms with E-state index >= 15 is 0 Å². The quantitative estimate of drug-likeness (QED) is 0.780. The molecular weight excluding hydrogens is 366 g/mol. The average molecular weight is 371 g/mol. The number of nitrogens with zero attached hydrogens (tertiary/aromatic N) is 1. The van der Waals surface area contributed by atoms with Crippen LogP contribution < -0.4 is 5.73 Å². The molecule has 11 heteroatoms. The molecule has 0 saturated carbocycles. The molecule has 0 atom stereocenters. The smallest absolute Gasteiger partial charge is 0.419 e. The zero-order chi connectivity index (χ0) is 18.4. The minimum Gasteiger partial charge on any atom is -0.476 e. The Labute approximate surface area is 134 Å². The van der Waals surface area contributed by atoms with Gasteiger partial charge < -0.3 is 10.8 Å². The van der Waals surface area contributed by atoms with Crippen molar-refractivity contribution in [3.8, 4) is 11.3 Å². The van der Waals surface area contributed by atoms with E-state index in [2.05, 4.69) is 4.98 Å². The van der Waals surface area contributed by atoms with Gasteiger partial charge in [0.15, 0.2) is 23.1 Å². The van der Waals surface area contributed by atoms with Gasteiger partial charge in [0.05, 0.1) is 16.3 Å². The number of hydrogen-bond acceptors (Lipinski definition) is 3. The fourth-order valence-electron chi connectivity index (χ4n) is 1.83. The van der Waals surface area contributed by atoms with Crippen molar-refractivity contribution >= 4 is 23.3 Å². The summed E-state index contributed by atoms with van der Waals surface area (Å²) in [6.45, 7) is 0. The van der Waals surface area contributed by atoms with Gasteiger partial charge in [0, 0.05) is 5.56 Å². The van der Waals surface area contributed by atoms with Gasteiger partial charge in [-0.3, -0.25) is 0 Å². The Morgan fingerprint density at radius 1 is 1.12 bits per heavy atom. The maximum atomic E-state index is 14.1. The number of hydrogen-bond donors (Lipinski definition) is 2. The minimum absolute atomic E-state index is 0.167. The topological polar surface area (TPSA) is 76.2 Å².